The molecule has 0 radical (unpaired) electrons. The third-order valence-electron chi connectivity index (χ3n) is 4.16. The number of nitrogens with one attached hydrogen (secondary N) is 2. The lowest BCUT2D eigenvalue weighted by Crippen LogP contribution is -2.38. The third kappa shape index (κ3) is 6.42. The van der Waals surface area contributed by atoms with Crippen LogP contribution in [0.3, 0.4) is 0 Å². The molecule has 0 aliphatic carbocycles. The molecule has 0 fully saturated rings. The molecule has 0 saturated carbocycles. The number of amides is 2. The Hall–Kier alpha value is -3.35. The van der Waals surface area contributed by atoms with Crippen LogP contribution in [-0.4, -0.2) is 27.3 Å². The number of nitrogens with zero attached hydrogens (tertiary/aromatic N) is 3. The van der Waals surface area contributed by atoms with E-state index in [1.165, 1.54) is 0 Å². The van der Waals surface area contributed by atoms with Crippen LogP contribution in [0.1, 0.15) is 18.2 Å². The van der Waals surface area contributed by atoms with Gasteiger partial charge >= 0.3 is 6.03 Å². The lowest BCUT2D eigenvalue weighted by atomic mass is 10.2. The van der Waals surface area contributed by atoms with Crippen molar-refractivity contribution in [3.8, 4) is 5.75 Å². The number of hydrogen-bond acceptors (Lipinski definition) is 4. The van der Waals surface area contributed by atoms with Gasteiger partial charge < -0.3 is 15.4 Å². The molecule has 0 bridgehead atoms. The van der Waals surface area contributed by atoms with Crippen LogP contribution in [0.25, 0.3) is 0 Å². The van der Waals surface area contributed by atoms with Crippen LogP contribution in [0.2, 0.25) is 0 Å². The SMILES string of the molecule is CC(CNC(=O)NCc1ccc(OCc2ccccn2)cc1)Cn1cccn1. The van der Waals surface area contributed by atoms with E-state index < -0.39 is 0 Å². The molecule has 7 heteroatoms. The second-order valence-corrected chi connectivity index (χ2v) is 6.65. The Morgan fingerprint density at radius 1 is 1.11 bits per heavy atom. The van der Waals surface area contributed by atoms with Crippen LogP contribution in [0.15, 0.2) is 67.1 Å². The molecular weight excluding hydrogens is 354 g/mol. The average molecular weight is 379 g/mol. The van der Waals surface area contributed by atoms with E-state index in [1.54, 1.807) is 12.4 Å². The monoisotopic (exact) mass is 379 g/mol. The highest BCUT2D eigenvalue weighted by Gasteiger charge is 2.06. The van der Waals surface area contributed by atoms with E-state index in [9.17, 15) is 4.79 Å². The number of pyridine rings is 1. The summed E-state index contributed by atoms with van der Waals surface area (Å²) in [6.07, 6.45) is 5.42. The molecule has 7 nitrogen and oxygen atoms in total. The molecule has 2 aromatic heterocycles. The van der Waals surface area contributed by atoms with Crippen molar-refractivity contribution in [1.82, 2.24) is 25.4 Å². The molecule has 1 atom stereocenters. The van der Waals surface area contributed by atoms with Crippen LogP contribution in [0.4, 0.5) is 4.79 Å². The Morgan fingerprint density at radius 3 is 2.68 bits per heavy atom. The fourth-order valence-corrected chi connectivity index (χ4v) is 2.65. The number of hydrogen-bond donors (Lipinski definition) is 2. The van der Waals surface area contributed by atoms with E-state index in [-0.39, 0.29) is 6.03 Å². The van der Waals surface area contributed by atoms with Crippen LogP contribution >= 0.6 is 0 Å². The van der Waals surface area contributed by atoms with E-state index in [1.807, 2.05) is 59.4 Å². The maximum absolute atomic E-state index is 12.0. The van der Waals surface area contributed by atoms with Crippen molar-refractivity contribution in [2.24, 2.45) is 5.92 Å². The number of benzene rings is 1. The molecule has 1 aromatic carbocycles. The minimum absolute atomic E-state index is 0.178. The summed E-state index contributed by atoms with van der Waals surface area (Å²) < 4.78 is 7.57. The first-order chi connectivity index (χ1) is 13.7. The number of rotatable bonds is 9. The molecule has 2 N–H and O–H groups in total. The summed E-state index contributed by atoms with van der Waals surface area (Å²) in [6, 6.07) is 15.1. The second-order valence-electron chi connectivity index (χ2n) is 6.65. The van der Waals surface area contributed by atoms with Crippen LogP contribution in [0.5, 0.6) is 5.75 Å². The van der Waals surface area contributed by atoms with Gasteiger partial charge in [0.25, 0.3) is 0 Å². The summed E-state index contributed by atoms with van der Waals surface area (Å²) in [5.41, 5.74) is 1.89. The highest BCUT2D eigenvalue weighted by atomic mass is 16.5. The Morgan fingerprint density at radius 2 is 1.96 bits per heavy atom. The predicted octanol–water partition coefficient (Wildman–Crippen LogP) is 2.99. The zero-order chi connectivity index (χ0) is 19.6. The number of aromatic nitrogens is 3. The van der Waals surface area contributed by atoms with Gasteiger partial charge in [-0.05, 0) is 41.8 Å². The molecule has 28 heavy (non-hydrogen) atoms. The van der Waals surface area contributed by atoms with Gasteiger partial charge in [0, 0.05) is 38.2 Å². The van der Waals surface area contributed by atoms with Gasteiger partial charge in [-0.1, -0.05) is 25.1 Å². The number of ether oxygens (including phenoxy) is 1. The quantitative estimate of drug-likeness (QED) is 0.599. The van der Waals surface area contributed by atoms with Gasteiger partial charge in [-0.3, -0.25) is 9.67 Å². The fraction of sp³-hybridized carbons (Fsp3) is 0.286. The molecule has 0 saturated heterocycles. The largest absolute Gasteiger partial charge is 0.487 e. The molecule has 0 aliphatic rings. The van der Waals surface area contributed by atoms with E-state index in [0.29, 0.717) is 25.6 Å². The first-order valence-electron chi connectivity index (χ1n) is 9.30. The van der Waals surface area contributed by atoms with Gasteiger partial charge in [-0.2, -0.15) is 5.10 Å². The second kappa shape index (κ2) is 10.1. The Bertz CT molecular complexity index is 835. The standard InChI is InChI=1S/C21H25N5O2/c1-17(15-26-12-4-11-25-26)13-23-21(27)24-14-18-6-8-20(9-7-18)28-16-19-5-2-3-10-22-19/h2-12,17H,13-16H2,1H3,(H2,23,24,27). The van der Waals surface area contributed by atoms with Crippen molar-refractivity contribution in [2.45, 2.75) is 26.6 Å². The van der Waals surface area contributed by atoms with Crippen molar-refractivity contribution >= 4 is 6.03 Å². The van der Waals surface area contributed by atoms with Gasteiger partial charge in [0.2, 0.25) is 0 Å². The molecule has 3 rings (SSSR count). The topological polar surface area (TPSA) is 81.1 Å². The number of carbonyl (C=O) groups excluding carboxylic acids is 1. The molecule has 2 amide bonds. The molecule has 1 unspecified atom stereocenters. The summed E-state index contributed by atoms with van der Waals surface area (Å²) in [5.74, 6) is 1.06. The van der Waals surface area contributed by atoms with Gasteiger partial charge in [0.05, 0.1) is 5.69 Å². The first kappa shape index (κ1) is 19.4. The van der Waals surface area contributed by atoms with Crippen molar-refractivity contribution in [2.75, 3.05) is 6.54 Å². The molecule has 2 heterocycles. The predicted molar refractivity (Wildman–Crippen MR) is 107 cm³/mol. The summed E-state index contributed by atoms with van der Waals surface area (Å²) in [7, 11) is 0. The Labute approximate surface area is 164 Å². The van der Waals surface area contributed by atoms with E-state index in [0.717, 1.165) is 23.6 Å². The highest BCUT2D eigenvalue weighted by molar-refractivity contribution is 5.73. The summed E-state index contributed by atoms with van der Waals surface area (Å²) in [5, 5.41) is 9.93. The van der Waals surface area contributed by atoms with Gasteiger partial charge in [-0.25, -0.2) is 4.79 Å². The van der Waals surface area contributed by atoms with Crippen molar-refractivity contribution < 1.29 is 9.53 Å². The van der Waals surface area contributed by atoms with Crippen LogP contribution in [-0.2, 0) is 19.7 Å². The van der Waals surface area contributed by atoms with Crippen LogP contribution < -0.4 is 15.4 Å². The lowest BCUT2D eigenvalue weighted by Gasteiger charge is -2.13. The van der Waals surface area contributed by atoms with Crippen molar-refractivity contribution in [1.29, 1.82) is 0 Å². The maximum atomic E-state index is 12.0. The maximum Gasteiger partial charge on any atom is 0.315 e. The highest BCUT2D eigenvalue weighted by Crippen LogP contribution is 2.13. The van der Waals surface area contributed by atoms with Crippen molar-refractivity contribution in [3.05, 3.63) is 78.4 Å². The smallest absolute Gasteiger partial charge is 0.315 e. The normalized spacial score (nSPS) is 11.6. The minimum Gasteiger partial charge on any atom is -0.487 e. The average Bonchev–Trinajstić information content (AvgIpc) is 3.23. The van der Waals surface area contributed by atoms with Gasteiger partial charge in [-0.15, -0.1) is 0 Å². The number of urea groups is 1. The first-order valence-corrected chi connectivity index (χ1v) is 9.30. The Kier molecular flexibility index (Phi) is 7.01. The zero-order valence-electron chi connectivity index (χ0n) is 15.9. The van der Waals surface area contributed by atoms with Crippen LogP contribution in [0, 0.1) is 5.92 Å². The van der Waals surface area contributed by atoms with Crippen molar-refractivity contribution in [3.63, 3.8) is 0 Å². The van der Waals surface area contributed by atoms with E-state index in [4.69, 9.17) is 4.74 Å². The number of carbonyl (C=O) groups is 1. The van der Waals surface area contributed by atoms with Gasteiger partial charge in [0.1, 0.15) is 12.4 Å². The summed E-state index contributed by atoms with van der Waals surface area (Å²) in [4.78, 5) is 16.2. The lowest BCUT2D eigenvalue weighted by molar-refractivity contribution is 0.238. The minimum atomic E-state index is -0.178. The fourth-order valence-electron chi connectivity index (χ4n) is 2.65. The van der Waals surface area contributed by atoms with Gasteiger partial charge in [0.15, 0.2) is 0 Å². The summed E-state index contributed by atoms with van der Waals surface area (Å²) in [6.45, 7) is 4.32. The van der Waals surface area contributed by atoms with E-state index >= 15 is 0 Å². The Balaban J connectivity index is 1.35. The molecule has 146 valence electrons. The van der Waals surface area contributed by atoms with E-state index in [2.05, 4.69) is 27.6 Å². The third-order valence-corrected chi connectivity index (χ3v) is 4.16. The molecular formula is C21H25N5O2. The summed E-state index contributed by atoms with van der Waals surface area (Å²) >= 11 is 0. The molecule has 0 aliphatic heterocycles. The zero-order valence-corrected chi connectivity index (χ0v) is 15.9. The molecule has 0 spiro atoms. The molecule has 3 aromatic rings.